The SMILES string of the molecule is CNc1cccc(N(C)CCCCCO)c1[N+](=O)[O-]. The molecule has 0 atom stereocenters. The minimum Gasteiger partial charge on any atom is -0.396 e. The van der Waals surface area contributed by atoms with Gasteiger partial charge in [0.05, 0.1) is 4.92 Å². The van der Waals surface area contributed by atoms with Crippen LogP contribution in [0.5, 0.6) is 0 Å². The number of nitro groups is 1. The van der Waals surface area contributed by atoms with E-state index in [4.69, 9.17) is 5.11 Å². The Bertz CT molecular complexity index is 424. The normalized spacial score (nSPS) is 10.3. The average Bonchev–Trinajstić information content (AvgIpc) is 2.42. The van der Waals surface area contributed by atoms with E-state index in [-0.39, 0.29) is 17.2 Å². The molecule has 6 nitrogen and oxygen atoms in total. The van der Waals surface area contributed by atoms with E-state index < -0.39 is 0 Å². The van der Waals surface area contributed by atoms with Crippen molar-refractivity contribution in [3.8, 4) is 0 Å². The molecule has 0 aliphatic rings. The molecule has 0 fully saturated rings. The highest BCUT2D eigenvalue weighted by Crippen LogP contribution is 2.34. The molecule has 0 saturated heterocycles. The molecule has 0 aliphatic heterocycles. The smallest absolute Gasteiger partial charge is 0.315 e. The lowest BCUT2D eigenvalue weighted by Gasteiger charge is -2.20. The minimum atomic E-state index is -0.356. The Morgan fingerprint density at radius 2 is 2.11 bits per heavy atom. The van der Waals surface area contributed by atoms with Gasteiger partial charge in [0.2, 0.25) is 0 Å². The van der Waals surface area contributed by atoms with Crippen molar-refractivity contribution < 1.29 is 10.0 Å². The van der Waals surface area contributed by atoms with Crippen molar-refractivity contribution in [2.45, 2.75) is 19.3 Å². The number of aliphatic hydroxyl groups excluding tert-OH is 1. The first-order valence-electron chi connectivity index (χ1n) is 6.39. The van der Waals surface area contributed by atoms with E-state index in [1.807, 2.05) is 11.9 Å². The molecule has 1 aromatic carbocycles. The highest BCUT2D eigenvalue weighted by Gasteiger charge is 2.21. The molecule has 0 heterocycles. The van der Waals surface area contributed by atoms with Crippen molar-refractivity contribution in [2.24, 2.45) is 0 Å². The molecule has 0 aliphatic carbocycles. The molecule has 106 valence electrons. The van der Waals surface area contributed by atoms with Gasteiger partial charge in [-0.2, -0.15) is 0 Å². The summed E-state index contributed by atoms with van der Waals surface area (Å²) in [6, 6.07) is 5.25. The van der Waals surface area contributed by atoms with Crippen molar-refractivity contribution in [3.63, 3.8) is 0 Å². The van der Waals surface area contributed by atoms with Crippen LogP contribution in [0.1, 0.15) is 19.3 Å². The fourth-order valence-corrected chi connectivity index (χ4v) is 1.99. The second kappa shape index (κ2) is 7.58. The van der Waals surface area contributed by atoms with Crippen LogP contribution in [0, 0.1) is 10.1 Å². The van der Waals surface area contributed by atoms with Crippen molar-refractivity contribution in [3.05, 3.63) is 28.3 Å². The summed E-state index contributed by atoms with van der Waals surface area (Å²) < 4.78 is 0. The molecule has 0 saturated carbocycles. The zero-order valence-electron chi connectivity index (χ0n) is 11.4. The number of unbranched alkanes of at least 4 members (excludes halogenated alkanes) is 2. The van der Waals surface area contributed by atoms with E-state index in [2.05, 4.69) is 5.32 Å². The van der Waals surface area contributed by atoms with Crippen molar-refractivity contribution in [1.29, 1.82) is 0 Å². The lowest BCUT2D eigenvalue weighted by Crippen LogP contribution is -2.20. The molecule has 0 amide bonds. The Labute approximate surface area is 113 Å². The molecule has 0 radical (unpaired) electrons. The monoisotopic (exact) mass is 267 g/mol. The van der Waals surface area contributed by atoms with E-state index in [1.54, 1.807) is 25.2 Å². The number of aliphatic hydroxyl groups is 1. The molecule has 2 N–H and O–H groups in total. The Hall–Kier alpha value is -1.82. The first-order valence-corrected chi connectivity index (χ1v) is 6.39. The highest BCUT2D eigenvalue weighted by molar-refractivity contribution is 5.76. The summed E-state index contributed by atoms with van der Waals surface area (Å²) in [4.78, 5) is 12.7. The number of benzene rings is 1. The van der Waals surface area contributed by atoms with Gasteiger partial charge in [-0.05, 0) is 31.4 Å². The standard InChI is InChI=1S/C13H21N3O3/c1-14-11-7-6-8-12(13(11)16(18)19)15(2)9-4-3-5-10-17/h6-8,14,17H,3-5,9-10H2,1-2H3. The van der Waals surface area contributed by atoms with Crippen LogP contribution in [-0.4, -0.2) is 37.3 Å². The van der Waals surface area contributed by atoms with Gasteiger partial charge in [0.15, 0.2) is 0 Å². The van der Waals surface area contributed by atoms with Gasteiger partial charge in [-0.3, -0.25) is 10.1 Å². The van der Waals surface area contributed by atoms with Gasteiger partial charge in [-0.1, -0.05) is 6.07 Å². The van der Waals surface area contributed by atoms with Crippen molar-refractivity contribution in [1.82, 2.24) is 0 Å². The molecule has 19 heavy (non-hydrogen) atoms. The molecule has 0 unspecified atom stereocenters. The maximum Gasteiger partial charge on any atom is 0.315 e. The van der Waals surface area contributed by atoms with E-state index in [1.165, 1.54) is 0 Å². The predicted molar refractivity (Wildman–Crippen MR) is 76.8 cm³/mol. The van der Waals surface area contributed by atoms with Gasteiger partial charge in [0.1, 0.15) is 11.4 Å². The number of anilines is 2. The van der Waals surface area contributed by atoms with E-state index in [0.29, 0.717) is 11.4 Å². The largest absolute Gasteiger partial charge is 0.396 e. The quantitative estimate of drug-likeness (QED) is 0.429. The summed E-state index contributed by atoms with van der Waals surface area (Å²) in [7, 11) is 3.52. The van der Waals surface area contributed by atoms with Crippen LogP contribution in [0.25, 0.3) is 0 Å². The first-order chi connectivity index (χ1) is 9.11. The van der Waals surface area contributed by atoms with Crippen LogP contribution in [0.2, 0.25) is 0 Å². The zero-order valence-corrected chi connectivity index (χ0v) is 11.4. The van der Waals surface area contributed by atoms with Crippen LogP contribution in [0.15, 0.2) is 18.2 Å². The fourth-order valence-electron chi connectivity index (χ4n) is 1.99. The topological polar surface area (TPSA) is 78.6 Å². The third-order valence-corrected chi connectivity index (χ3v) is 3.03. The Kier molecular flexibility index (Phi) is 6.08. The predicted octanol–water partition coefficient (Wildman–Crippen LogP) is 2.24. The second-order valence-electron chi connectivity index (χ2n) is 4.39. The molecule has 0 aromatic heterocycles. The van der Waals surface area contributed by atoms with Crippen molar-refractivity contribution in [2.75, 3.05) is 37.5 Å². The summed E-state index contributed by atoms with van der Waals surface area (Å²) in [5.74, 6) is 0. The minimum absolute atomic E-state index is 0.106. The van der Waals surface area contributed by atoms with E-state index in [0.717, 1.165) is 25.8 Å². The van der Waals surface area contributed by atoms with Gasteiger partial charge in [-0.15, -0.1) is 0 Å². The Balaban J connectivity index is 2.83. The summed E-state index contributed by atoms with van der Waals surface area (Å²) in [5, 5.41) is 22.8. The molecule has 0 bridgehead atoms. The molecule has 0 spiro atoms. The van der Waals surface area contributed by atoms with Crippen molar-refractivity contribution >= 4 is 17.1 Å². The zero-order chi connectivity index (χ0) is 14.3. The number of nitrogens with one attached hydrogen (secondary N) is 1. The van der Waals surface area contributed by atoms with Gasteiger partial charge in [-0.25, -0.2) is 0 Å². The molecular formula is C13H21N3O3. The average molecular weight is 267 g/mol. The van der Waals surface area contributed by atoms with E-state index >= 15 is 0 Å². The van der Waals surface area contributed by atoms with E-state index in [9.17, 15) is 10.1 Å². The van der Waals surface area contributed by atoms with Crippen LogP contribution >= 0.6 is 0 Å². The van der Waals surface area contributed by atoms with Gasteiger partial charge < -0.3 is 15.3 Å². The number of nitrogens with zero attached hydrogens (tertiary/aromatic N) is 2. The fraction of sp³-hybridized carbons (Fsp3) is 0.538. The van der Waals surface area contributed by atoms with Crippen LogP contribution in [-0.2, 0) is 0 Å². The highest BCUT2D eigenvalue weighted by atomic mass is 16.6. The van der Waals surface area contributed by atoms with Crippen LogP contribution < -0.4 is 10.2 Å². The summed E-state index contributed by atoms with van der Waals surface area (Å²) in [6.07, 6.45) is 2.59. The lowest BCUT2D eigenvalue weighted by atomic mass is 10.2. The Morgan fingerprint density at radius 3 is 2.68 bits per heavy atom. The summed E-state index contributed by atoms with van der Waals surface area (Å²) >= 11 is 0. The third kappa shape index (κ3) is 4.10. The molecular weight excluding hydrogens is 246 g/mol. The molecule has 1 aromatic rings. The number of para-hydroxylation sites is 1. The van der Waals surface area contributed by atoms with Crippen LogP contribution in [0.3, 0.4) is 0 Å². The molecule has 1 rings (SSSR count). The first kappa shape index (κ1) is 15.2. The summed E-state index contributed by atoms with van der Waals surface area (Å²) in [5.41, 5.74) is 1.24. The van der Waals surface area contributed by atoms with Gasteiger partial charge >= 0.3 is 5.69 Å². The summed E-state index contributed by atoms with van der Waals surface area (Å²) in [6.45, 7) is 0.924. The maximum atomic E-state index is 11.2. The van der Waals surface area contributed by atoms with Gasteiger partial charge in [0, 0.05) is 27.2 Å². The number of nitro benzene ring substituents is 1. The third-order valence-electron chi connectivity index (χ3n) is 3.03. The lowest BCUT2D eigenvalue weighted by molar-refractivity contribution is -0.383. The second-order valence-corrected chi connectivity index (χ2v) is 4.39. The Morgan fingerprint density at radius 1 is 1.37 bits per heavy atom. The van der Waals surface area contributed by atoms with Gasteiger partial charge in [0.25, 0.3) is 0 Å². The number of hydrogen-bond donors (Lipinski definition) is 2. The number of hydrogen-bond acceptors (Lipinski definition) is 5. The number of rotatable bonds is 8. The molecule has 6 heteroatoms. The van der Waals surface area contributed by atoms with Crippen LogP contribution in [0.4, 0.5) is 17.1 Å². The maximum absolute atomic E-state index is 11.2.